The molecule has 0 aromatic heterocycles. The van der Waals surface area contributed by atoms with Crippen molar-refractivity contribution in [3.63, 3.8) is 0 Å². The van der Waals surface area contributed by atoms with Crippen LogP contribution in [0.2, 0.25) is 0 Å². The van der Waals surface area contributed by atoms with Crippen LogP contribution in [0, 0.1) is 22.7 Å². The first-order chi connectivity index (χ1) is 12.1. The Hall–Kier alpha value is -2.36. The first kappa shape index (κ1) is 20.0. The van der Waals surface area contributed by atoms with E-state index in [0.29, 0.717) is 24.0 Å². The van der Waals surface area contributed by atoms with Crippen LogP contribution in [0.3, 0.4) is 0 Å². The number of piperidine rings is 1. The molecular weight excluding hydrogens is 345 g/mol. The predicted molar refractivity (Wildman–Crippen MR) is 89.2 cm³/mol. The van der Waals surface area contributed by atoms with Crippen molar-refractivity contribution in [1.82, 2.24) is 4.90 Å². The first-order valence-corrected chi connectivity index (χ1v) is 8.45. The molecule has 4 nitrogen and oxygen atoms in total. The molecular formula is C19H21F3N2O2. The lowest BCUT2D eigenvalue weighted by molar-refractivity contribution is -0.217. The Balaban J connectivity index is 1.91. The SMILES string of the molecule is CC(C)(C(=O)N1CCC(CC(=O)c2ccc(C#N)cc2)CC1)C(F)(F)F. The Bertz CT molecular complexity index is 710. The number of rotatable bonds is 4. The highest BCUT2D eigenvalue weighted by Gasteiger charge is 2.54. The van der Waals surface area contributed by atoms with Crippen LogP contribution in [0.5, 0.6) is 0 Å². The van der Waals surface area contributed by atoms with Gasteiger partial charge in [0.25, 0.3) is 0 Å². The number of nitriles is 1. The van der Waals surface area contributed by atoms with Crippen LogP contribution in [-0.2, 0) is 4.79 Å². The number of carbonyl (C=O) groups is 2. The number of ketones is 1. The average Bonchev–Trinajstić information content (AvgIpc) is 2.60. The van der Waals surface area contributed by atoms with Gasteiger partial charge in [-0.2, -0.15) is 18.4 Å². The molecule has 140 valence electrons. The van der Waals surface area contributed by atoms with Crippen LogP contribution >= 0.6 is 0 Å². The fourth-order valence-corrected chi connectivity index (χ4v) is 2.97. The molecule has 1 aromatic carbocycles. The number of amides is 1. The van der Waals surface area contributed by atoms with Gasteiger partial charge in [-0.25, -0.2) is 0 Å². The standard InChI is InChI=1S/C19H21F3N2O2/c1-18(2,19(20,21)22)17(26)24-9-7-13(8-10-24)11-16(25)15-5-3-14(12-23)4-6-15/h3-6,13H,7-11H2,1-2H3. The molecule has 2 rings (SSSR count). The van der Waals surface area contributed by atoms with Crippen LogP contribution in [0.15, 0.2) is 24.3 Å². The maximum atomic E-state index is 13.0. The van der Waals surface area contributed by atoms with Crippen molar-refractivity contribution in [1.29, 1.82) is 5.26 Å². The van der Waals surface area contributed by atoms with E-state index in [1.54, 1.807) is 24.3 Å². The van der Waals surface area contributed by atoms with Gasteiger partial charge in [-0.05, 0) is 44.7 Å². The van der Waals surface area contributed by atoms with Crippen LogP contribution in [-0.4, -0.2) is 35.9 Å². The average molecular weight is 366 g/mol. The van der Waals surface area contributed by atoms with Crippen LogP contribution in [0.4, 0.5) is 13.2 Å². The van der Waals surface area contributed by atoms with Crippen molar-refractivity contribution in [2.45, 2.75) is 39.3 Å². The smallest absolute Gasteiger partial charge is 0.342 e. The molecule has 7 heteroatoms. The number of likely N-dealkylation sites (tertiary alicyclic amines) is 1. The second kappa shape index (κ2) is 7.48. The van der Waals surface area contributed by atoms with Gasteiger partial charge in [0.2, 0.25) is 5.91 Å². The van der Waals surface area contributed by atoms with Gasteiger partial charge >= 0.3 is 6.18 Å². The van der Waals surface area contributed by atoms with Gasteiger partial charge in [-0.1, -0.05) is 12.1 Å². The summed E-state index contributed by atoms with van der Waals surface area (Å²) in [5.74, 6) is -0.937. The lowest BCUT2D eigenvalue weighted by Crippen LogP contribution is -2.51. The van der Waals surface area contributed by atoms with Gasteiger partial charge in [0.15, 0.2) is 5.78 Å². The minimum atomic E-state index is -4.59. The van der Waals surface area contributed by atoms with E-state index >= 15 is 0 Å². The molecule has 0 radical (unpaired) electrons. The third kappa shape index (κ3) is 4.24. The van der Waals surface area contributed by atoms with E-state index < -0.39 is 17.5 Å². The van der Waals surface area contributed by atoms with Crippen molar-refractivity contribution >= 4 is 11.7 Å². The molecule has 1 fully saturated rings. The van der Waals surface area contributed by atoms with Crippen LogP contribution < -0.4 is 0 Å². The Morgan fingerprint density at radius 3 is 2.15 bits per heavy atom. The third-order valence-electron chi connectivity index (χ3n) is 4.96. The molecule has 0 saturated carbocycles. The zero-order valence-corrected chi connectivity index (χ0v) is 14.8. The van der Waals surface area contributed by atoms with Gasteiger partial charge in [0.05, 0.1) is 11.6 Å². The van der Waals surface area contributed by atoms with Crippen LogP contribution in [0.25, 0.3) is 0 Å². The van der Waals surface area contributed by atoms with E-state index in [4.69, 9.17) is 5.26 Å². The lowest BCUT2D eigenvalue weighted by Gasteiger charge is -2.37. The van der Waals surface area contributed by atoms with Crippen molar-refractivity contribution in [2.75, 3.05) is 13.1 Å². The highest BCUT2D eigenvalue weighted by Crippen LogP contribution is 2.39. The Morgan fingerprint density at radius 2 is 1.69 bits per heavy atom. The molecule has 0 aliphatic carbocycles. The highest BCUT2D eigenvalue weighted by molar-refractivity contribution is 5.96. The van der Waals surface area contributed by atoms with Gasteiger partial charge in [0.1, 0.15) is 5.41 Å². The number of carbonyl (C=O) groups excluding carboxylic acids is 2. The molecule has 0 spiro atoms. The first-order valence-electron chi connectivity index (χ1n) is 8.45. The minimum absolute atomic E-state index is 0.0381. The summed E-state index contributed by atoms with van der Waals surface area (Å²) in [5.41, 5.74) is -1.42. The summed E-state index contributed by atoms with van der Waals surface area (Å²) in [6.07, 6.45) is -3.30. The largest absolute Gasteiger partial charge is 0.402 e. The number of Topliss-reactive ketones (excluding diaryl/α,β-unsaturated/α-hetero) is 1. The van der Waals surface area contributed by atoms with Gasteiger partial charge in [0, 0.05) is 25.1 Å². The number of halogens is 3. The maximum Gasteiger partial charge on any atom is 0.402 e. The fraction of sp³-hybridized carbons (Fsp3) is 0.526. The molecule has 1 saturated heterocycles. The van der Waals surface area contributed by atoms with Crippen molar-refractivity contribution in [3.05, 3.63) is 35.4 Å². The molecule has 0 N–H and O–H groups in total. The topological polar surface area (TPSA) is 61.2 Å². The molecule has 1 aliphatic heterocycles. The quantitative estimate of drug-likeness (QED) is 0.758. The summed E-state index contributed by atoms with van der Waals surface area (Å²) < 4.78 is 39.1. The lowest BCUT2D eigenvalue weighted by atomic mass is 9.86. The zero-order valence-electron chi connectivity index (χ0n) is 14.8. The highest BCUT2D eigenvalue weighted by atomic mass is 19.4. The van der Waals surface area contributed by atoms with Crippen molar-refractivity contribution in [2.24, 2.45) is 11.3 Å². The number of benzene rings is 1. The van der Waals surface area contributed by atoms with E-state index in [1.165, 1.54) is 4.90 Å². The van der Waals surface area contributed by atoms with E-state index in [2.05, 4.69) is 0 Å². The Kier molecular flexibility index (Phi) is 5.74. The minimum Gasteiger partial charge on any atom is -0.342 e. The second-order valence-electron chi connectivity index (χ2n) is 7.17. The van der Waals surface area contributed by atoms with Crippen LogP contribution in [0.1, 0.15) is 49.0 Å². The van der Waals surface area contributed by atoms with Gasteiger partial charge in [-0.15, -0.1) is 0 Å². The summed E-state index contributed by atoms with van der Waals surface area (Å²) >= 11 is 0. The molecule has 26 heavy (non-hydrogen) atoms. The van der Waals surface area contributed by atoms with Crippen molar-refractivity contribution < 1.29 is 22.8 Å². The van der Waals surface area contributed by atoms with Gasteiger partial charge in [-0.3, -0.25) is 9.59 Å². The Morgan fingerprint density at radius 1 is 1.15 bits per heavy atom. The Labute approximate surface area is 150 Å². The number of hydrogen-bond acceptors (Lipinski definition) is 3. The molecule has 1 aromatic rings. The normalized spacial score (nSPS) is 16.2. The van der Waals surface area contributed by atoms with E-state index in [9.17, 15) is 22.8 Å². The van der Waals surface area contributed by atoms with Crippen molar-refractivity contribution in [3.8, 4) is 6.07 Å². The fourth-order valence-electron chi connectivity index (χ4n) is 2.97. The maximum absolute atomic E-state index is 13.0. The molecule has 1 amide bonds. The second-order valence-corrected chi connectivity index (χ2v) is 7.17. The molecule has 0 bridgehead atoms. The summed E-state index contributed by atoms with van der Waals surface area (Å²) in [6, 6.07) is 8.34. The van der Waals surface area contributed by atoms with E-state index in [0.717, 1.165) is 13.8 Å². The van der Waals surface area contributed by atoms with E-state index in [1.807, 2.05) is 6.07 Å². The zero-order chi connectivity index (χ0) is 19.5. The number of alkyl halides is 3. The monoisotopic (exact) mass is 366 g/mol. The third-order valence-corrected chi connectivity index (χ3v) is 4.96. The number of nitrogens with zero attached hydrogens (tertiary/aromatic N) is 2. The summed E-state index contributed by atoms with van der Waals surface area (Å²) in [5, 5.41) is 8.77. The molecule has 1 aliphatic rings. The van der Waals surface area contributed by atoms with Gasteiger partial charge < -0.3 is 4.90 Å². The molecule has 0 atom stereocenters. The summed E-state index contributed by atoms with van der Waals surface area (Å²) in [6.45, 7) is 2.25. The summed E-state index contributed by atoms with van der Waals surface area (Å²) in [4.78, 5) is 25.7. The summed E-state index contributed by atoms with van der Waals surface area (Å²) in [7, 11) is 0. The number of hydrogen-bond donors (Lipinski definition) is 0. The van der Waals surface area contributed by atoms with E-state index in [-0.39, 0.29) is 31.2 Å². The molecule has 0 unspecified atom stereocenters. The molecule has 1 heterocycles. The predicted octanol–water partition coefficient (Wildman–Crippen LogP) is 3.96.